The van der Waals surface area contributed by atoms with Gasteiger partial charge in [0.1, 0.15) is 11.2 Å². The number of anilines is 3. The molecule has 3 heteroatoms. The van der Waals surface area contributed by atoms with Crippen molar-refractivity contribution in [1.29, 1.82) is 0 Å². The average Bonchev–Trinajstić information content (AvgIpc) is 3.78. The number of fused-ring (bicyclic) bond motifs is 10. The monoisotopic (exact) mass is 676 g/mol. The normalized spacial score (nSPS) is 11.8. The molecule has 0 saturated heterocycles. The van der Waals surface area contributed by atoms with Crippen molar-refractivity contribution in [1.82, 2.24) is 4.57 Å². The maximum atomic E-state index is 6.53. The van der Waals surface area contributed by atoms with Crippen LogP contribution >= 0.6 is 0 Å². The molecule has 3 nitrogen and oxygen atoms in total. The fourth-order valence-electron chi connectivity index (χ4n) is 8.31. The maximum absolute atomic E-state index is 6.53. The van der Waals surface area contributed by atoms with Gasteiger partial charge >= 0.3 is 0 Å². The van der Waals surface area contributed by atoms with Crippen molar-refractivity contribution in [3.63, 3.8) is 0 Å². The Labute approximate surface area is 306 Å². The molecule has 0 atom stereocenters. The summed E-state index contributed by atoms with van der Waals surface area (Å²) in [6.45, 7) is 0. The van der Waals surface area contributed by atoms with Gasteiger partial charge in [-0.25, -0.2) is 0 Å². The van der Waals surface area contributed by atoms with Crippen molar-refractivity contribution < 1.29 is 4.42 Å². The molecule has 0 radical (unpaired) electrons. The molecule has 0 saturated carbocycles. The third-order valence-electron chi connectivity index (χ3n) is 10.7. The van der Waals surface area contributed by atoms with Gasteiger partial charge in [0.25, 0.3) is 0 Å². The molecule has 0 bridgehead atoms. The molecule has 0 spiro atoms. The molecular weight excluding hydrogens is 645 g/mol. The van der Waals surface area contributed by atoms with Gasteiger partial charge in [0.15, 0.2) is 0 Å². The molecule has 2 heterocycles. The number of benzene rings is 9. The Morgan fingerprint density at radius 1 is 0.377 bits per heavy atom. The van der Waals surface area contributed by atoms with Crippen molar-refractivity contribution in [2.75, 3.05) is 4.90 Å². The summed E-state index contributed by atoms with van der Waals surface area (Å²) in [7, 11) is 0. The van der Waals surface area contributed by atoms with Crippen LogP contribution in [-0.4, -0.2) is 4.57 Å². The van der Waals surface area contributed by atoms with Gasteiger partial charge in [0, 0.05) is 49.7 Å². The SMILES string of the molecule is c1ccc(-c2cccc(N(c3ccc(-n4c5ccccc5c5ccccc54)cc3)c3ccc4c(ccc5ccc6c7ccccc7oc6c54)c3)c2)cc1. The van der Waals surface area contributed by atoms with Crippen LogP contribution in [0.15, 0.2) is 199 Å². The molecule has 0 unspecified atom stereocenters. The van der Waals surface area contributed by atoms with Crippen LogP contribution in [0.3, 0.4) is 0 Å². The molecule has 0 amide bonds. The summed E-state index contributed by atoms with van der Waals surface area (Å²) in [5.74, 6) is 0. The molecule has 0 N–H and O–H groups in total. The van der Waals surface area contributed by atoms with Crippen LogP contribution in [0.25, 0.3) is 82.1 Å². The lowest BCUT2D eigenvalue weighted by Crippen LogP contribution is -2.10. The van der Waals surface area contributed by atoms with E-state index in [-0.39, 0.29) is 0 Å². The molecule has 53 heavy (non-hydrogen) atoms. The van der Waals surface area contributed by atoms with Gasteiger partial charge in [-0.2, -0.15) is 0 Å². The van der Waals surface area contributed by atoms with Crippen molar-refractivity contribution in [3.05, 3.63) is 194 Å². The quantitative estimate of drug-likeness (QED) is 0.169. The molecule has 248 valence electrons. The molecular formula is C50H32N2O. The van der Waals surface area contributed by atoms with Gasteiger partial charge in [0.05, 0.1) is 11.0 Å². The zero-order valence-corrected chi connectivity index (χ0v) is 28.8. The highest BCUT2D eigenvalue weighted by atomic mass is 16.3. The van der Waals surface area contributed by atoms with Gasteiger partial charge in [-0.1, -0.05) is 121 Å². The zero-order valence-electron chi connectivity index (χ0n) is 28.8. The van der Waals surface area contributed by atoms with E-state index in [0.717, 1.165) is 55.5 Å². The molecule has 0 aliphatic carbocycles. The van der Waals surface area contributed by atoms with Gasteiger partial charge < -0.3 is 13.9 Å². The predicted molar refractivity (Wildman–Crippen MR) is 223 cm³/mol. The smallest absolute Gasteiger partial charge is 0.143 e. The van der Waals surface area contributed by atoms with E-state index in [2.05, 4.69) is 198 Å². The molecule has 11 aromatic rings. The second kappa shape index (κ2) is 11.7. The first-order chi connectivity index (χ1) is 26.3. The van der Waals surface area contributed by atoms with Crippen molar-refractivity contribution >= 4 is 82.4 Å². The van der Waals surface area contributed by atoms with Crippen molar-refractivity contribution in [3.8, 4) is 16.8 Å². The lowest BCUT2D eigenvalue weighted by Gasteiger charge is -2.27. The second-order valence-corrected chi connectivity index (χ2v) is 13.7. The summed E-state index contributed by atoms with van der Waals surface area (Å²) < 4.78 is 8.90. The standard InChI is InChI=1S/C50H32N2O/c1-2-11-33(12-3-1)35-13-10-14-39(31-35)51(37-24-26-38(27-25-37)52-46-18-7-4-15-42(46)43-16-5-8-19-47(43)52)40-28-30-41-36(32-40)22-21-34-23-29-45-44-17-6-9-20-48(44)53-50(45)49(34)41/h1-32H. The van der Waals surface area contributed by atoms with Crippen LogP contribution in [-0.2, 0) is 0 Å². The summed E-state index contributed by atoms with van der Waals surface area (Å²) in [4.78, 5) is 2.37. The summed E-state index contributed by atoms with van der Waals surface area (Å²) >= 11 is 0. The Morgan fingerprint density at radius 2 is 0.981 bits per heavy atom. The summed E-state index contributed by atoms with van der Waals surface area (Å²) in [5, 5.41) is 9.47. The Hall–Kier alpha value is -7.10. The second-order valence-electron chi connectivity index (χ2n) is 13.7. The van der Waals surface area contributed by atoms with E-state index in [1.54, 1.807) is 0 Å². The first kappa shape index (κ1) is 29.6. The number of nitrogens with zero attached hydrogens (tertiary/aromatic N) is 2. The maximum Gasteiger partial charge on any atom is 0.143 e. The van der Waals surface area contributed by atoms with Crippen LogP contribution in [0.2, 0.25) is 0 Å². The summed E-state index contributed by atoms with van der Waals surface area (Å²) in [6, 6.07) is 69.7. The largest absolute Gasteiger partial charge is 0.455 e. The topological polar surface area (TPSA) is 21.3 Å². The van der Waals surface area contributed by atoms with Gasteiger partial charge in [-0.3, -0.25) is 0 Å². The molecule has 2 aromatic heterocycles. The Kier molecular flexibility index (Phi) is 6.55. The van der Waals surface area contributed by atoms with Crippen LogP contribution < -0.4 is 4.90 Å². The van der Waals surface area contributed by atoms with Crippen molar-refractivity contribution in [2.45, 2.75) is 0 Å². The highest BCUT2D eigenvalue weighted by Crippen LogP contribution is 2.42. The highest BCUT2D eigenvalue weighted by molar-refractivity contribution is 6.23. The minimum atomic E-state index is 0.914. The Balaban J connectivity index is 1.09. The summed E-state index contributed by atoms with van der Waals surface area (Å²) in [5.41, 5.74) is 11.0. The predicted octanol–water partition coefficient (Wildman–Crippen LogP) is 14.1. The fraction of sp³-hybridized carbons (Fsp3) is 0. The number of aromatic nitrogens is 1. The molecule has 9 aromatic carbocycles. The number of para-hydroxylation sites is 3. The number of furan rings is 1. The van der Waals surface area contributed by atoms with Gasteiger partial charge in [-0.05, 0) is 100 Å². The van der Waals surface area contributed by atoms with Crippen LogP contribution in [0.1, 0.15) is 0 Å². The minimum Gasteiger partial charge on any atom is -0.455 e. The van der Waals surface area contributed by atoms with Crippen LogP contribution in [0.5, 0.6) is 0 Å². The zero-order chi connectivity index (χ0) is 34.9. The van der Waals surface area contributed by atoms with E-state index in [1.807, 2.05) is 6.07 Å². The molecule has 0 aliphatic rings. The summed E-state index contributed by atoms with van der Waals surface area (Å²) in [6.07, 6.45) is 0. The van der Waals surface area contributed by atoms with E-state index in [4.69, 9.17) is 4.42 Å². The number of hydrogen-bond acceptors (Lipinski definition) is 2. The van der Waals surface area contributed by atoms with E-state index in [0.29, 0.717) is 0 Å². The number of rotatable bonds is 5. The van der Waals surface area contributed by atoms with E-state index in [1.165, 1.54) is 43.7 Å². The number of hydrogen-bond donors (Lipinski definition) is 0. The highest BCUT2D eigenvalue weighted by Gasteiger charge is 2.18. The van der Waals surface area contributed by atoms with Crippen LogP contribution in [0.4, 0.5) is 17.1 Å². The van der Waals surface area contributed by atoms with Crippen LogP contribution in [0, 0.1) is 0 Å². The Morgan fingerprint density at radius 3 is 1.77 bits per heavy atom. The van der Waals surface area contributed by atoms with Crippen molar-refractivity contribution in [2.24, 2.45) is 0 Å². The third kappa shape index (κ3) is 4.68. The van der Waals surface area contributed by atoms with Gasteiger partial charge in [0.2, 0.25) is 0 Å². The van der Waals surface area contributed by atoms with E-state index >= 15 is 0 Å². The molecule has 11 rings (SSSR count). The molecule has 0 aliphatic heterocycles. The third-order valence-corrected chi connectivity index (χ3v) is 10.7. The lowest BCUT2D eigenvalue weighted by molar-refractivity contribution is 0.673. The van der Waals surface area contributed by atoms with E-state index in [9.17, 15) is 0 Å². The lowest BCUT2D eigenvalue weighted by atomic mass is 9.98. The van der Waals surface area contributed by atoms with E-state index < -0.39 is 0 Å². The first-order valence-electron chi connectivity index (χ1n) is 18.1. The first-order valence-corrected chi connectivity index (χ1v) is 18.1. The fourth-order valence-corrected chi connectivity index (χ4v) is 8.31. The minimum absolute atomic E-state index is 0.914. The molecule has 0 fully saturated rings. The average molecular weight is 677 g/mol. The Bertz CT molecular complexity index is 3120. The van der Waals surface area contributed by atoms with Gasteiger partial charge in [-0.15, -0.1) is 0 Å².